The zero-order valence-electron chi connectivity index (χ0n) is 12.8. The lowest BCUT2D eigenvalue weighted by Crippen LogP contribution is -2.35. The van der Waals surface area contributed by atoms with Gasteiger partial charge in [0.25, 0.3) is 0 Å². The molecule has 4 heteroatoms. The number of nitrogens with zero attached hydrogens (tertiary/aromatic N) is 3. The van der Waals surface area contributed by atoms with Crippen molar-refractivity contribution in [3.05, 3.63) is 11.9 Å². The molecule has 0 spiro atoms. The number of likely N-dealkylation sites (tertiary alicyclic amines) is 1. The second-order valence-corrected chi connectivity index (χ2v) is 6.06. The first-order chi connectivity index (χ1) is 9.10. The van der Waals surface area contributed by atoms with E-state index in [1.54, 1.807) is 0 Å². The van der Waals surface area contributed by atoms with Crippen LogP contribution in [0.2, 0.25) is 0 Å². The van der Waals surface area contributed by atoms with E-state index < -0.39 is 0 Å². The van der Waals surface area contributed by atoms with E-state index in [-0.39, 0.29) is 0 Å². The molecule has 1 aromatic heterocycles. The molecule has 1 fully saturated rings. The molecule has 0 radical (unpaired) electrons. The number of nitrogens with one attached hydrogen (secondary N) is 1. The molecule has 0 bridgehead atoms. The minimum Gasteiger partial charge on any atom is -0.354 e. The van der Waals surface area contributed by atoms with E-state index in [1.165, 1.54) is 19.4 Å². The lowest BCUT2D eigenvalue weighted by Gasteiger charge is -2.23. The predicted octanol–water partition coefficient (Wildman–Crippen LogP) is 2.74. The number of anilines is 1. The van der Waals surface area contributed by atoms with Gasteiger partial charge in [0.2, 0.25) is 5.95 Å². The van der Waals surface area contributed by atoms with E-state index in [0.29, 0.717) is 12.0 Å². The van der Waals surface area contributed by atoms with E-state index in [4.69, 9.17) is 0 Å². The maximum atomic E-state index is 4.61. The van der Waals surface area contributed by atoms with Crippen molar-refractivity contribution in [2.24, 2.45) is 5.92 Å². The molecule has 1 unspecified atom stereocenters. The van der Waals surface area contributed by atoms with Crippen LogP contribution in [-0.4, -0.2) is 40.1 Å². The molecular formula is C15H28N4. The molecule has 1 aliphatic heterocycles. The van der Waals surface area contributed by atoms with Gasteiger partial charge < -0.3 is 9.88 Å². The normalized spacial score (nSPS) is 20.4. The quantitative estimate of drug-likeness (QED) is 0.857. The highest BCUT2D eigenvalue weighted by molar-refractivity contribution is 5.29. The summed E-state index contributed by atoms with van der Waals surface area (Å²) in [6, 6.07) is 0.675. The Morgan fingerprint density at radius 3 is 2.95 bits per heavy atom. The summed E-state index contributed by atoms with van der Waals surface area (Å²) in [7, 11) is 0. The molecule has 19 heavy (non-hydrogen) atoms. The van der Waals surface area contributed by atoms with Crippen LogP contribution < -0.4 is 5.32 Å². The third-order valence-corrected chi connectivity index (χ3v) is 3.86. The molecular weight excluding hydrogens is 236 g/mol. The van der Waals surface area contributed by atoms with Crippen molar-refractivity contribution >= 4 is 5.95 Å². The lowest BCUT2D eigenvalue weighted by atomic mass is 10.2. The van der Waals surface area contributed by atoms with Gasteiger partial charge in [-0.05, 0) is 38.8 Å². The summed E-state index contributed by atoms with van der Waals surface area (Å²) >= 11 is 0. The minimum absolute atomic E-state index is 0.646. The molecule has 2 heterocycles. The molecule has 108 valence electrons. The van der Waals surface area contributed by atoms with Gasteiger partial charge in [0.15, 0.2) is 0 Å². The Bertz CT molecular complexity index is 397. The average Bonchev–Trinajstić information content (AvgIpc) is 2.92. The fourth-order valence-electron chi connectivity index (χ4n) is 2.97. The molecule has 0 aliphatic carbocycles. The lowest BCUT2D eigenvalue weighted by molar-refractivity contribution is 0.276. The first kappa shape index (κ1) is 14.4. The third kappa shape index (κ3) is 3.72. The van der Waals surface area contributed by atoms with Crippen LogP contribution in [0.3, 0.4) is 0 Å². The van der Waals surface area contributed by atoms with Gasteiger partial charge in [0, 0.05) is 25.3 Å². The van der Waals surface area contributed by atoms with E-state index in [2.05, 4.69) is 53.7 Å². The second kappa shape index (κ2) is 6.42. The number of hydrogen-bond acceptors (Lipinski definition) is 3. The Morgan fingerprint density at radius 2 is 2.26 bits per heavy atom. The molecule has 0 amide bonds. The van der Waals surface area contributed by atoms with Gasteiger partial charge in [-0.2, -0.15) is 0 Å². The summed E-state index contributed by atoms with van der Waals surface area (Å²) in [6.45, 7) is 13.3. The SMILES string of the molecule is CCN1CCCC1CNc1nc(C)cn1CC(C)C. The maximum Gasteiger partial charge on any atom is 0.203 e. The fourth-order valence-corrected chi connectivity index (χ4v) is 2.97. The zero-order chi connectivity index (χ0) is 13.8. The number of aryl methyl sites for hydroxylation is 1. The van der Waals surface area contributed by atoms with E-state index in [1.807, 2.05) is 0 Å². The Labute approximate surface area is 117 Å². The van der Waals surface area contributed by atoms with E-state index >= 15 is 0 Å². The van der Waals surface area contributed by atoms with Crippen molar-refractivity contribution < 1.29 is 0 Å². The Hall–Kier alpha value is -1.03. The monoisotopic (exact) mass is 264 g/mol. The van der Waals surface area contributed by atoms with Crippen LogP contribution in [-0.2, 0) is 6.54 Å². The Kier molecular flexibility index (Phi) is 4.86. The third-order valence-electron chi connectivity index (χ3n) is 3.86. The molecule has 2 rings (SSSR count). The highest BCUT2D eigenvalue weighted by atomic mass is 15.2. The second-order valence-electron chi connectivity index (χ2n) is 6.06. The smallest absolute Gasteiger partial charge is 0.203 e. The molecule has 1 aromatic rings. The van der Waals surface area contributed by atoms with Crippen LogP contribution in [0.4, 0.5) is 5.95 Å². The summed E-state index contributed by atoms with van der Waals surface area (Å²) in [5, 5.41) is 3.56. The molecule has 1 saturated heterocycles. The molecule has 0 aromatic carbocycles. The highest BCUT2D eigenvalue weighted by Gasteiger charge is 2.23. The van der Waals surface area contributed by atoms with Gasteiger partial charge in [-0.25, -0.2) is 4.98 Å². The summed E-state index contributed by atoms with van der Waals surface area (Å²) in [6.07, 6.45) is 4.79. The first-order valence-electron chi connectivity index (χ1n) is 7.61. The average molecular weight is 264 g/mol. The number of rotatable bonds is 6. The summed E-state index contributed by atoms with van der Waals surface area (Å²) in [5.41, 5.74) is 1.10. The topological polar surface area (TPSA) is 33.1 Å². The highest BCUT2D eigenvalue weighted by Crippen LogP contribution is 2.18. The van der Waals surface area contributed by atoms with Crippen molar-refractivity contribution in [2.75, 3.05) is 25.0 Å². The molecule has 1 atom stereocenters. The van der Waals surface area contributed by atoms with Crippen molar-refractivity contribution in [1.29, 1.82) is 0 Å². The van der Waals surface area contributed by atoms with Gasteiger partial charge >= 0.3 is 0 Å². The van der Waals surface area contributed by atoms with Crippen LogP contribution in [0.1, 0.15) is 39.3 Å². The molecule has 1 aliphatic rings. The number of imidazole rings is 1. The van der Waals surface area contributed by atoms with Crippen LogP contribution in [0.5, 0.6) is 0 Å². The van der Waals surface area contributed by atoms with Crippen LogP contribution in [0, 0.1) is 12.8 Å². The first-order valence-corrected chi connectivity index (χ1v) is 7.61. The van der Waals surface area contributed by atoms with Crippen molar-refractivity contribution in [2.45, 2.75) is 53.1 Å². The minimum atomic E-state index is 0.646. The van der Waals surface area contributed by atoms with E-state index in [9.17, 15) is 0 Å². The van der Waals surface area contributed by atoms with Crippen molar-refractivity contribution in [3.63, 3.8) is 0 Å². The van der Waals surface area contributed by atoms with Crippen molar-refractivity contribution in [1.82, 2.24) is 14.5 Å². The predicted molar refractivity (Wildman–Crippen MR) is 80.6 cm³/mol. The zero-order valence-corrected chi connectivity index (χ0v) is 12.8. The van der Waals surface area contributed by atoms with Gasteiger partial charge in [0.1, 0.15) is 0 Å². The molecule has 4 nitrogen and oxygen atoms in total. The maximum absolute atomic E-state index is 4.61. The molecule has 1 N–H and O–H groups in total. The number of aromatic nitrogens is 2. The molecule has 0 saturated carbocycles. The standard InChI is InChI=1S/C15H28N4/c1-5-18-8-6-7-14(18)9-16-15-17-13(4)11-19(15)10-12(2)3/h11-12,14H,5-10H2,1-4H3,(H,16,17). The summed E-state index contributed by atoms with van der Waals surface area (Å²) in [4.78, 5) is 7.17. The van der Waals surface area contributed by atoms with Gasteiger partial charge in [-0.1, -0.05) is 20.8 Å². The van der Waals surface area contributed by atoms with E-state index in [0.717, 1.165) is 31.3 Å². The summed E-state index contributed by atoms with van der Waals surface area (Å²) < 4.78 is 2.26. The van der Waals surface area contributed by atoms with Gasteiger partial charge in [-0.15, -0.1) is 0 Å². The fraction of sp³-hybridized carbons (Fsp3) is 0.800. The number of hydrogen-bond donors (Lipinski definition) is 1. The van der Waals surface area contributed by atoms with Gasteiger partial charge in [-0.3, -0.25) is 4.90 Å². The van der Waals surface area contributed by atoms with Crippen molar-refractivity contribution in [3.8, 4) is 0 Å². The van der Waals surface area contributed by atoms with Crippen LogP contribution in [0.15, 0.2) is 6.20 Å². The Balaban J connectivity index is 1.95. The van der Waals surface area contributed by atoms with Crippen LogP contribution >= 0.6 is 0 Å². The summed E-state index contributed by atoms with van der Waals surface area (Å²) in [5.74, 6) is 1.68. The Morgan fingerprint density at radius 1 is 1.47 bits per heavy atom. The van der Waals surface area contributed by atoms with Gasteiger partial charge in [0.05, 0.1) is 5.69 Å². The largest absolute Gasteiger partial charge is 0.354 e. The van der Waals surface area contributed by atoms with Crippen LogP contribution in [0.25, 0.3) is 0 Å². The number of likely N-dealkylation sites (N-methyl/N-ethyl adjacent to an activating group) is 1.